The molecule has 0 aromatic heterocycles. The van der Waals surface area contributed by atoms with Crippen LogP contribution in [0.25, 0.3) is 0 Å². The summed E-state index contributed by atoms with van der Waals surface area (Å²) in [6.07, 6.45) is -5.93. The highest BCUT2D eigenvalue weighted by atomic mass is 19.4. The smallest absolute Gasteiger partial charge is 0.408 e. The third-order valence-electron chi connectivity index (χ3n) is 2.11. The number of alkyl halides is 3. The van der Waals surface area contributed by atoms with Gasteiger partial charge in [0, 0.05) is 13.7 Å². The van der Waals surface area contributed by atoms with Crippen molar-refractivity contribution >= 4 is 12.0 Å². The highest BCUT2D eigenvalue weighted by Gasteiger charge is 2.40. The van der Waals surface area contributed by atoms with Gasteiger partial charge in [0.15, 0.2) is 0 Å². The van der Waals surface area contributed by atoms with Crippen LogP contribution in [-0.4, -0.2) is 50.1 Å². The lowest BCUT2D eigenvalue weighted by Crippen LogP contribution is -2.48. The summed E-state index contributed by atoms with van der Waals surface area (Å²) in [5.41, 5.74) is -0.736. The number of hydrogen-bond acceptors (Lipinski definition) is 4. The van der Waals surface area contributed by atoms with Crippen LogP contribution in [0.1, 0.15) is 27.2 Å². The van der Waals surface area contributed by atoms with Gasteiger partial charge in [0.05, 0.1) is 0 Å². The number of carbonyl (C=O) groups excluding carboxylic acids is 2. The Morgan fingerprint density at radius 2 is 1.76 bits per heavy atom. The third kappa shape index (κ3) is 9.94. The first kappa shape index (κ1) is 19.5. The van der Waals surface area contributed by atoms with Crippen molar-refractivity contribution < 1.29 is 32.2 Å². The van der Waals surface area contributed by atoms with E-state index in [1.54, 1.807) is 26.1 Å². The zero-order valence-electron chi connectivity index (χ0n) is 12.5. The van der Waals surface area contributed by atoms with Gasteiger partial charge < -0.3 is 20.1 Å². The van der Waals surface area contributed by atoms with Crippen molar-refractivity contribution in [1.29, 1.82) is 0 Å². The average molecular weight is 314 g/mol. The molecule has 2 amide bonds. The molecule has 0 heterocycles. The molecule has 0 saturated carbocycles. The molecule has 0 aliphatic heterocycles. The molecule has 0 aromatic rings. The van der Waals surface area contributed by atoms with Gasteiger partial charge >= 0.3 is 12.3 Å². The summed E-state index contributed by atoms with van der Waals surface area (Å²) in [6.45, 7) is 4.15. The van der Waals surface area contributed by atoms with E-state index >= 15 is 0 Å². The van der Waals surface area contributed by atoms with Crippen LogP contribution >= 0.6 is 0 Å². The van der Waals surface area contributed by atoms with E-state index in [4.69, 9.17) is 4.74 Å². The summed E-state index contributed by atoms with van der Waals surface area (Å²) in [5, 5.41) is 4.00. The van der Waals surface area contributed by atoms with Gasteiger partial charge in [0.2, 0.25) is 5.91 Å². The lowest BCUT2D eigenvalue weighted by atomic mass is 10.2. The Morgan fingerprint density at radius 3 is 2.19 bits per heavy atom. The van der Waals surface area contributed by atoms with Crippen LogP contribution in [0.4, 0.5) is 18.0 Å². The molecule has 0 radical (unpaired) electrons. The largest absolute Gasteiger partial charge is 0.444 e. The van der Waals surface area contributed by atoms with E-state index in [-0.39, 0.29) is 6.54 Å². The Hall–Kier alpha value is -1.51. The van der Waals surface area contributed by atoms with Gasteiger partial charge in [-0.3, -0.25) is 4.79 Å². The zero-order chi connectivity index (χ0) is 16.7. The van der Waals surface area contributed by atoms with Gasteiger partial charge in [-0.2, -0.15) is 13.2 Å². The van der Waals surface area contributed by atoms with Gasteiger partial charge in [-0.25, -0.2) is 4.79 Å². The lowest BCUT2D eigenvalue weighted by Gasteiger charge is -2.23. The summed E-state index contributed by atoms with van der Waals surface area (Å²) in [7, 11) is 1.20. The Morgan fingerprint density at radius 1 is 1.19 bits per heavy atom. The van der Waals surface area contributed by atoms with Crippen LogP contribution in [0.2, 0.25) is 0 Å². The summed E-state index contributed by atoms with van der Waals surface area (Å²) in [6, 6.07) is -2.06. The lowest BCUT2D eigenvalue weighted by molar-refractivity contribution is -0.163. The summed E-state index contributed by atoms with van der Waals surface area (Å²) in [4.78, 5) is 22.4. The molecule has 9 heteroatoms. The second kappa shape index (κ2) is 8.06. The third-order valence-corrected chi connectivity index (χ3v) is 2.11. The Kier molecular flexibility index (Phi) is 7.48. The monoisotopic (exact) mass is 314 g/mol. The highest BCUT2D eigenvalue weighted by molar-refractivity contribution is 5.77. The predicted molar refractivity (Wildman–Crippen MR) is 68.7 cm³/mol. The Balaban J connectivity index is 4.32. The van der Waals surface area contributed by atoms with E-state index in [0.717, 1.165) is 0 Å². The molecular weight excluding hydrogens is 293 g/mol. The van der Waals surface area contributed by atoms with Crippen molar-refractivity contribution in [3.05, 3.63) is 0 Å². The molecule has 0 saturated heterocycles. The quantitative estimate of drug-likeness (QED) is 0.780. The Bertz CT molecular complexity index is 353. The molecule has 124 valence electrons. The number of carbonyl (C=O) groups is 2. The summed E-state index contributed by atoms with van der Waals surface area (Å²) < 4.78 is 47.5. The molecule has 0 rings (SSSR count). The Labute approximate surface area is 121 Å². The molecule has 21 heavy (non-hydrogen) atoms. The molecule has 0 aliphatic carbocycles. The van der Waals surface area contributed by atoms with E-state index < -0.39 is 42.8 Å². The SMILES string of the molecule is COCC(=O)NC(CCNC(=O)OC(C)(C)C)C(F)(F)F. The molecule has 0 aromatic carbocycles. The minimum absolute atomic E-state index is 0.285. The number of alkyl carbamates (subject to hydrolysis) is 1. The normalized spacial score (nSPS) is 13.5. The number of methoxy groups -OCH3 is 1. The van der Waals surface area contributed by atoms with Gasteiger partial charge in [-0.15, -0.1) is 0 Å². The van der Waals surface area contributed by atoms with Crippen LogP contribution in [-0.2, 0) is 14.3 Å². The number of halogens is 3. The molecule has 0 fully saturated rings. The first-order chi connectivity index (χ1) is 9.45. The molecule has 1 unspecified atom stereocenters. The van der Waals surface area contributed by atoms with Crippen molar-refractivity contribution in [2.75, 3.05) is 20.3 Å². The van der Waals surface area contributed by atoms with E-state index in [9.17, 15) is 22.8 Å². The van der Waals surface area contributed by atoms with Crippen LogP contribution in [0.15, 0.2) is 0 Å². The predicted octanol–water partition coefficient (Wildman–Crippen LogP) is 1.59. The maximum Gasteiger partial charge on any atom is 0.408 e. The number of nitrogens with one attached hydrogen (secondary N) is 2. The first-order valence-electron chi connectivity index (χ1n) is 6.27. The fraction of sp³-hybridized carbons (Fsp3) is 0.833. The summed E-state index contributed by atoms with van der Waals surface area (Å²) >= 11 is 0. The van der Waals surface area contributed by atoms with E-state index in [2.05, 4.69) is 10.1 Å². The van der Waals surface area contributed by atoms with Crippen molar-refractivity contribution in [3.63, 3.8) is 0 Å². The minimum Gasteiger partial charge on any atom is -0.444 e. The summed E-state index contributed by atoms with van der Waals surface area (Å²) in [5.74, 6) is -0.878. The van der Waals surface area contributed by atoms with Crippen LogP contribution in [0.5, 0.6) is 0 Å². The zero-order valence-corrected chi connectivity index (χ0v) is 12.5. The number of ether oxygens (including phenoxy) is 2. The van der Waals surface area contributed by atoms with E-state index in [1.807, 2.05) is 0 Å². The molecule has 0 aliphatic rings. The van der Waals surface area contributed by atoms with Crippen LogP contribution in [0, 0.1) is 0 Å². The minimum atomic E-state index is -4.61. The van der Waals surface area contributed by atoms with Gasteiger partial charge in [-0.05, 0) is 27.2 Å². The van der Waals surface area contributed by atoms with Gasteiger partial charge in [-0.1, -0.05) is 0 Å². The fourth-order valence-electron chi connectivity index (χ4n) is 1.32. The molecule has 0 spiro atoms. The number of amides is 2. The van der Waals surface area contributed by atoms with Crippen molar-refractivity contribution in [3.8, 4) is 0 Å². The van der Waals surface area contributed by atoms with Crippen LogP contribution < -0.4 is 10.6 Å². The second-order valence-electron chi connectivity index (χ2n) is 5.31. The first-order valence-corrected chi connectivity index (χ1v) is 6.27. The number of rotatable bonds is 6. The maximum absolute atomic E-state index is 12.7. The van der Waals surface area contributed by atoms with Gasteiger partial charge in [0.1, 0.15) is 18.2 Å². The van der Waals surface area contributed by atoms with Crippen molar-refractivity contribution in [2.45, 2.75) is 45.0 Å². The maximum atomic E-state index is 12.7. The second-order valence-corrected chi connectivity index (χ2v) is 5.31. The van der Waals surface area contributed by atoms with E-state index in [0.29, 0.717) is 0 Å². The highest BCUT2D eigenvalue weighted by Crippen LogP contribution is 2.22. The molecule has 2 N–H and O–H groups in total. The average Bonchev–Trinajstić information content (AvgIpc) is 2.24. The van der Waals surface area contributed by atoms with Crippen molar-refractivity contribution in [2.24, 2.45) is 0 Å². The van der Waals surface area contributed by atoms with E-state index in [1.165, 1.54) is 7.11 Å². The molecule has 6 nitrogen and oxygen atoms in total. The number of hydrogen-bond donors (Lipinski definition) is 2. The molecule has 0 bridgehead atoms. The molecule has 1 atom stereocenters. The van der Waals surface area contributed by atoms with Crippen LogP contribution in [0.3, 0.4) is 0 Å². The van der Waals surface area contributed by atoms with Crippen molar-refractivity contribution in [1.82, 2.24) is 10.6 Å². The standard InChI is InChI=1S/C12H21F3N2O4/c1-11(2,3)21-10(19)16-6-5-8(12(13,14)15)17-9(18)7-20-4/h8H,5-7H2,1-4H3,(H,16,19)(H,17,18). The fourth-order valence-corrected chi connectivity index (χ4v) is 1.32. The molecular formula is C12H21F3N2O4. The topological polar surface area (TPSA) is 76.7 Å². The van der Waals surface area contributed by atoms with Gasteiger partial charge in [0.25, 0.3) is 0 Å².